The fraction of sp³-hybridized carbons (Fsp3) is 0.464. The predicted octanol–water partition coefficient (Wildman–Crippen LogP) is 4.54. The Morgan fingerprint density at radius 2 is 1.92 bits per heavy atom. The van der Waals surface area contributed by atoms with Crippen molar-refractivity contribution in [2.24, 2.45) is 10.8 Å². The van der Waals surface area contributed by atoms with Crippen molar-refractivity contribution in [3.05, 3.63) is 65.0 Å². The summed E-state index contributed by atoms with van der Waals surface area (Å²) in [5.74, 6) is -2.31. The molecule has 0 radical (unpaired) electrons. The molecule has 2 aromatic heterocycles. The van der Waals surface area contributed by atoms with Crippen LogP contribution in [0.5, 0.6) is 0 Å². The molecule has 1 fully saturated rings. The van der Waals surface area contributed by atoms with Gasteiger partial charge in [0.15, 0.2) is 0 Å². The number of amides is 1. The van der Waals surface area contributed by atoms with Crippen molar-refractivity contribution in [1.82, 2.24) is 14.5 Å². The van der Waals surface area contributed by atoms with Crippen LogP contribution >= 0.6 is 0 Å². The highest BCUT2D eigenvalue weighted by atomic mass is 19.1. The van der Waals surface area contributed by atoms with Gasteiger partial charge in [-0.25, -0.2) is 13.8 Å². The van der Waals surface area contributed by atoms with E-state index in [1.807, 2.05) is 30.5 Å². The van der Waals surface area contributed by atoms with Crippen molar-refractivity contribution in [3.63, 3.8) is 0 Å². The molecule has 9 heteroatoms. The zero-order chi connectivity index (χ0) is 26.5. The van der Waals surface area contributed by atoms with Gasteiger partial charge < -0.3 is 19.3 Å². The number of aliphatic carboxylic acids is 1. The number of fused-ring (bicyclic) bond motifs is 3. The molecule has 2 aliphatic rings. The highest BCUT2D eigenvalue weighted by Crippen LogP contribution is 2.53. The van der Waals surface area contributed by atoms with Crippen LogP contribution in [-0.2, 0) is 33.8 Å². The Hall–Kier alpha value is -3.33. The molecule has 0 spiro atoms. The minimum atomic E-state index is -0.912. The largest absolute Gasteiger partial charge is 0.481 e. The molecule has 0 unspecified atom stereocenters. The molecule has 1 aliphatic carbocycles. The maximum atomic E-state index is 13.9. The fourth-order valence-electron chi connectivity index (χ4n) is 5.92. The number of carboxylic acids is 1. The lowest BCUT2D eigenvalue weighted by atomic mass is 9.68. The van der Waals surface area contributed by atoms with Crippen LogP contribution in [0.1, 0.15) is 50.4 Å². The second-order valence-corrected chi connectivity index (χ2v) is 10.9. The Balaban J connectivity index is 1.36. The number of carboxylic acid groups (broad SMARTS) is 1. The van der Waals surface area contributed by atoms with E-state index in [1.165, 1.54) is 12.1 Å². The summed E-state index contributed by atoms with van der Waals surface area (Å²) in [6.45, 7) is 6.44. The van der Waals surface area contributed by atoms with Gasteiger partial charge in [-0.05, 0) is 61.6 Å². The molecule has 1 aliphatic heterocycles. The van der Waals surface area contributed by atoms with Crippen molar-refractivity contribution in [2.45, 2.75) is 59.2 Å². The molecular weight excluding hydrogens is 480 g/mol. The van der Waals surface area contributed by atoms with Gasteiger partial charge in [0.2, 0.25) is 5.91 Å². The molecular formula is C28H31F2N3O4. The van der Waals surface area contributed by atoms with Crippen molar-refractivity contribution in [1.29, 1.82) is 0 Å². The molecule has 1 amide bonds. The van der Waals surface area contributed by atoms with Gasteiger partial charge in [0, 0.05) is 41.8 Å². The number of hydrogen-bond donors (Lipinski definition) is 1. The number of hydrogen-bond acceptors (Lipinski definition) is 4. The Labute approximate surface area is 214 Å². The molecule has 7 nitrogen and oxygen atoms in total. The SMILES string of the molecule is CC1(C)[C@H](OCC(=O)N2CCc3c(n(Cc4cc(F)cc(F)c4)c4ncccc34)C2)CC[C@@]1(C)C(=O)O. The lowest BCUT2D eigenvalue weighted by Gasteiger charge is -2.38. The molecule has 0 saturated heterocycles. The highest BCUT2D eigenvalue weighted by Gasteiger charge is 2.57. The first-order chi connectivity index (χ1) is 17.5. The molecule has 2 atom stereocenters. The molecule has 3 heterocycles. The van der Waals surface area contributed by atoms with E-state index in [2.05, 4.69) is 4.98 Å². The predicted molar refractivity (Wildman–Crippen MR) is 133 cm³/mol. The summed E-state index contributed by atoms with van der Waals surface area (Å²) < 4.78 is 35.7. The quantitative estimate of drug-likeness (QED) is 0.525. The van der Waals surface area contributed by atoms with Crippen LogP contribution in [0.2, 0.25) is 0 Å². The number of carbonyl (C=O) groups excluding carboxylic acids is 1. The standard InChI is InChI=1S/C28H31F2N3O4/c1-27(2)23(6-8-28(27,3)26(35)36)37-16-24(34)32-10-7-20-21-5-4-9-31-25(21)33(22(20)15-32)14-17-11-18(29)13-19(30)12-17/h4-5,9,11-13,23H,6-8,10,14-16H2,1-3H3,(H,35,36)/t23-,28+/m1/s1. The van der Waals surface area contributed by atoms with E-state index in [4.69, 9.17) is 4.74 Å². The number of halogens is 2. The van der Waals surface area contributed by atoms with E-state index in [-0.39, 0.29) is 25.2 Å². The van der Waals surface area contributed by atoms with Crippen LogP contribution < -0.4 is 0 Å². The van der Waals surface area contributed by atoms with Gasteiger partial charge in [-0.15, -0.1) is 0 Å². The topological polar surface area (TPSA) is 84.7 Å². The van der Waals surface area contributed by atoms with Crippen molar-refractivity contribution in [2.75, 3.05) is 13.2 Å². The Bertz CT molecular complexity index is 1360. The number of pyridine rings is 1. The number of carbonyl (C=O) groups is 2. The van der Waals surface area contributed by atoms with Gasteiger partial charge >= 0.3 is 5.97 Å². The summed E-state index contributed by atoms with van der Waals surface area (Å²) in [5.41, 5.74) is 1.62. The Kier molecular flexibility index (Phi) is 6.30. The van der Waals surface area contributed by atoms with Gasteiger partial charge in [-0.3, -0.25) is 9.59 Å². The van der Waals surface area contributed by atoms with E-state index >= 15 is 0 Å². The van der Waals surface area contributed by atoms with Crippen molar-refractivity contribution < 1.29 is 28.2 Å². The first kappa shape index (κ1) is 25.3. The van der Waals surface area contributed by atoms with Crippen LogP contribution in [0, 0.1) is 22.5 Å². The minimum absolute atomic E-state index is 0.132. The van der Waals surface area contributed by atoms with E-state index in [0.29, 0.717) is 43.6 Å². The third-order valence-electron chi connectivity index (χ3n) is 8.64. The minimum Gasteiger partial charge on any atom is -0.481 e. The maximum Gasteiger partial charge on any atom is 0.309 e. The smallest absolute Gasteiger partial charge is 0.309 e. The van der Waals surface area contributed by atoms with Gasteiger partial charge in [0.25, 0.3) is 0 Å². The van der Waals surface area contributed by atoms with Gasteiger partial charge in [-0.1, -0.05) is 13.8 Å². The maximum absolute atomic E-state index is 13.9. The average Bonchev–Trinajstić information content (AvgIpc) is 3.28. The first-order valence-electron chi connectivity index (χ1n) is 12.5. The summed E-state index contributed by atoms with van der Waals surface area (Å²) in [4.78, 5) is 31.3. The summed E-state index contributed by atoms with van der Waals surface area (Å²) in [6.07, 6.45) is 3.05. The highest BCUT2D eigenvalue weighted by molar-refractivity contribution is 5.84. The fourth-order valence-corrected chi connectivity index (χ4v) is 5.92. The zero-order valence-electron chi connectivity index (χ0n) is 21.3. The van der Waals surface area contributed by atoms with Crippen molar-refractivity contribution >= 4 is 22.9 Å². The third kappa shape index (κ3) is 4.29. The summed E-state index contributed by atoms with van der Waals surface area (Å²) in [6, 6.07) is 7.28. The van der Waals surface area contributed by atoms with Gasteiger partial charge in [0.1, 0.15) is 23.9 Å². The normalized spacial score (nSPS) is 22.8. The van der Waals surface area contributed by atoms with Crippen LogP contribution in [0.25, 0.3) is 11.0 Å². The molecule has 37 heavy (non-hydrogen) atoms. The molecule has 3 aromatic rings. The van der Waals surface area contributed by atoms with E-state index < -0.39 is 28.4 Å². The van der Waals surface area contributed by atoms with Gasteiger partial charge in [-0.2, -0.15) is 0 Å². The Morgan fingerprint density at radius 3 is 2.59 bits per heavy atom. The van der Waals surface area contributed by atoms with Crippen molar-refractivity contribution in [3.8, 4) is 0 Å². The lowest BCUT2D eigenvalue weighted by molar-refractivity contribution is -0.158. The van der Waals surface area contributed by atoms with Gasteiger partial charge in [0.05, 0.1) is 18.1 Å². The van der Waals surface area contributed by atoms with Crippen LogP contribution in [0.4, 0.5) is 8.78 Å². The van der Waals surface area contributed by atoms with E-state index in [9.17, 15) is 23.5 Å². The average molecular weight is 512 g/mol. The number of ether oxygens (including phenoxy) is 1. The summed E-state index contributed by atoms with van der Waals surface area (Å²) in [7, 11) is 0. The molecule has 1 saturated carbocycles. The number of nitrogens with zero attached hydrogens (tertiary/aromatic N) is 3. The van der Waals surface area contributed by atoms with Crippen LogP contribution in [0.15, 0.2) is 36.5 Å². The zero-order valence-corrected chi connectivity index (χ0v) is 21.3. The number of benzene rings is 1. The van der Waals surface area contributed by atoms with E-state index in [0.717, 1.165) is 22.7 Å². The summed E-state index contributed by atoms with van der Waals surface area (Å²) in [5, 5.41) is 10.7. The molecule has 5 rings (SSSR count). The van der Waals surface area contributed by atoms with E-state index in [1.54, 1.807) is 18.0 Å². The number of aromatic nitrogens is 2. The molecule has 1 aromatic carbocycles. The second-order valence-electron chi connectivity index (χ2n) is 10.9. The summed E-state index contributed by atoms with van der Waals surface area (Å²) >= 11 is 0. The molecule has 196 valence electrons. The monoisotopic (exact) mass is 511 g/mol. The first-order valence-corrected chi connectivity index (χ1v) is 12.5. The lowest BCUT2D eigenvalue weighted by Crippen LogP contribution is -2.45. The molecule has 0 bridgehead atoms. The number of rotatable bonds is 6. The Morgan fingerprint density at radius 1 is 1.19 bits per heavy atom. The third-order valence-corrected chi connectivity index (χ3v) is 8.64. The molecule has 1 N–H and O–H groups in total. The van der Waals surface area contributed by atoms with Crippen LogP contribution in [-0.4, -0.2) is 50.7 Å². The van der Waals surface area contributed by atoms with Crippen LogP contribution in [0.3, 0.4) is 0 Å². The second kappa shape index (κ2) is 9.20.